The van der Waals surface area contributed by atoms with Crippen LogP contribution in [0.15, 0.2) is 24.3 Å². The number of hydrogen-bond donors (Lipinski definition) is 0. The minimum atomic E-state index is -0.495. The predicted octanol–water partition coefficient (Wildman–Crippen LogP) is 2.76. The molecule has 0 aromatic rings. The third-order valence-electron chi connectivity index (χ3n) is 7.67. The number of esters is 1. The van der Waals surface area contributed by atoms with Gasteiger partial charge in [0.25, 0.3) is 0 Å². The number of allylic oxidation sites excluding steroid dienone is 2. The summed E-state index contributed by atoms with van der Waals surface area (Å²) in [5, 5.41) is 0. The van der Waals surface area contributed by atoms with Crippen molar-refractivity contribution in [2.75, 3.05) is 20.5 Å². The van der Waals surface area contributed by atoms with Crippen molar-refractivity contribution in [2.24, 2.45) is 40.4 Å². The number of ketones is 1. The zero-order valence-corrected chi connectivity index (χ0v) is 16.0. The van der Waals surface area contributed by atoms with Crippen LogP contribution in [0, 0.1) is 40.4 Å². The second-order valence-corrected chi connectivity index (χ2v) is 8.97. The van der Waals surface area contributed by atoms with Gasteiger partial charge in [0, 0.05) is 35.9 Å². The summed E-state index contributed by atoms with van der Waals surface area (Å²) in [5.74, 6) is 0.108. The van der Waals surface area contributed by atoms with Crippen LogP contribution in [-0.4, -0.2) is 38.4 Å². The van der Waals surface area contributed by atoms with Crippen LogP contribution in [0.1, 0.15) is 27.2 Å². The average molecular weight is 360 g/mol. The van der Waals surface area contributed by atoms with Crippen LogP contribution in [0.5, 0.6) is 0 Å². The standard InChI is InChI=1S/C21H28O5/c1-6-14-20(2,3)18(22)12-8-7-11-15-16(12)21(14,4)13(9-25-10-24-5)17(15)26-19(11)23/h6-7,12-17H,1,8-10H2,2-5H3/t12-,13-,14+,15+,16-,17-,21-/m1/s1. The second-order valence-electron chi connectivity index (χ2n) is 8.97. The summed E-state index contributed by atoms with van der Waals surface area (Å²) in [7, 11) is 1.59. The Labute approximate surface area is 154 Å². The van der Waals surface area contributed by atoms with E-state index in [-0.39, 0.29) is 59.7 Å². The van der Waals surface area contributed by atoms with E-state index in [9.17, 15) is 9.59 Å². The summed E-state index contributed by atoms with van der Waals surface area (Å²) in [6, 6.07) is 0. The first-order valence-electron chi connectivity index (χ1n) is 9.44. The third kappa shape index (κ3) is 1.99. The number of hydrogen-bond acceptors (Lipinski definition) is 5. The van der Waals surface area contributed by atoms with Crippen LogP contribution in [-0.2, 0) is 23.8 Å². The van der Waals surface area contributed by atoms with Gasteiger partial charge >= 0.3 is 5.97 Å². The van der Waals surface area contributed by atoms with Crippen LogP contribution in [0.4, 0.5) is 0 Å². The molecule has 2 saturated carbocycles. The first kappa shape index (κ1) is 17.9. The molecule has 5 nitrogen and oxygen atoms in total. The van der Waals surface area contributed by atoms with Gasteiger partial charge in [-0.1, -0.05) is 32.9 Å². The molecule has 1 saturated heterocycles. The van der Waals surface area contributed by atoms with Crippen LogP contribution in [0.25, 0.3) is 0 Å². The van der Waals surface area contributed by atoms with Crippen molar-refractivity contribution in [3.8, 4) is 0 Å². The Morgan fingerprint density at radius 2 is 2.08 bits per heavy atom. The quantitative estimate of drug-likeness (QED) is 0.326. The van der Waals surface area contributed by atoms with Gasteiger partial charge in [0.05, 0.1) is 6.61 Å². The van der Waals surface area contributed by atoms with Gasteiger partial charge < -0.3 is 14.2 Å². The molecule has 4 aliphatic rings. The molecule has 1 heterocycles. The molecule has 142 valence electrons. The Morgan fingerprint density at radius 3 is 2.73 bits per heavy atom. The van der Waals surface area contributed by atoms with Gasteiger partial charge in [0.1, 0.15) is 18.7 Å². The maximum atomic E-state index is 13.3. The second kappa shape index (κ2) is 5.77. The fraction of sp³-hybridized carbons (Fsp3) is 0.714. The number of carbonyl (C=O) groups excluding carboxylic acids is 2. The number of methoxy groups -OCH3 is 1. The summed E-state index contributed by atoms with van der Waals surface area (Å²) in [4.78, 5) is 25.7. The van der Waals surface area contributed by atoms with E-state index in [1.807, 2.05) is 26.0 Å². The molecule has 3 aliphatic carbocycles. The Morgan fingerprint density at radius 1 is 1.35 bits per heavy atom. The molecule has 7 atom stereocenters. The molecule has 0 aromatic carbocycles. The number of carbonyl (C=O) groups is 2. The Balaban J connectivity index is 1.85. The first-order chi connectivity index (χ1) is 12.3. The van der Waals surface area contributed by atoms with Gasteiger partial charge in [-0.15, -0.1) is 6.58 Å². The molecule has 4 rings (SSSR count). The van der Waals surface area contributed by atoms with Gasteiger partial charge in [-0.2, -0.15) is 0 Å². The van der Waals surface area contributed by atoms with Gasteiger partial charge in [-0.05, 0) is 23.7 Å². The highest BCUT2D eigenvalue weighted by Crippen LogP contribution is 2.70. The minimum absolute atomic E-state index is 0.00328. The average Bonchev–Trinajstić information content (AvgIpc) is 3.04. The normalized spacial score (nSPS) is 45.2. The van der Waals surface area contributed by atoms with Gasteiger partial charge in [0.15, 0.2) is 0 Å². The minimum Gasteiger partial charge on any atom is -0.458 e. The molecule has 0 radical (unpaired) electrons. The lowest BCUT2D eigenvalue weighted by Crippen LogP contribution is -2.58. The number of rotatable bonds is 5. The largest absolute Gasteiger partial charge is 0.458 e. The van der Waals surface area contributed by atoms with Crippen molar-refractivity contribution in [1.82, 2.24) is 0 Å². The van der Waals surface area contributed by atoms with Crippen LogP contribution < -0.4 is 0 Å². The molecule has 5 heteroatoms. The van der Waals surface area contributed by atoms with E-state index in [0.29, 0.717) is 13.0 Å². The van der Waals surface area contributed by atoms with Gasteiger partial charge in [0.2, 0.25) is 0 Å². The van der Waals surface area contributed by atoms with E-state index in [0.717, 1.165) is 5.57 Å². The van der Waals surface area contributed by atoms with E-state index in [1.165, 1.54) is 0 Å². The molecule has 0 unspecified atom stereocenters. The summed E-state index contributed by atoms with van der Waals surface area (Å²) in [5.41, 5.74) is 0.0604. The van der Waals surface area contributed by atoms with Crippen molar-refractivity contribution >= 4 is 11.8 Å². The molecule has 3 fully saturated rings. The monoisotopic (exact) mass is 360 g/mol. The molecule has 26 heavy (non-hydrogen) atoms. The highest BCUT2D eigenvalue weighted by molar-refractivity contribution is 5.95. The van der Waals surface area contributed by atoms with Crippen molar-refractivity contribution in [3.63, 3.8) is 0 Å². The van der Waals surface area contributed by atoms with Crippen LogP contribution >= 0.6 is 0 Å². The smallest absolute Gasteiger partial charge is 0.334 e. The number of Topliss-reactive ketones (excluding diaryl/α,β-unsaturated/α-hetero) is 1. The van der Waals surface area contributed by atoms with Crippen molar-refractivity contribution in [2.45, 2.75) is 33.3 Å². The lowest BCUT2D eigenvalue weighted by Gasteiger charge is -2.57. The lowest BCUT2D eigenvalue weighted by molar-refractivity contribution is -0.162. The highest BCUT2D eigenvalue weighted by atomic mass is 16.7. The maximum absolute atomic E-state index is 13.3. The molecule has 0 aromatic heterocycles. The highest BCUT2D eigenvalue weighted by Gasteiger charge is 2.73. The molecule has 0 N–H and O–H groups in total. The van der Waals surface area contributed by atoms with E-state index in [4.69, 9.17) is 14.2 Å². The third-order valence-corrected chi connectivity index (χ3v) is 7.67. The molecule has 0 spiro atoms. The van der Waals surface area contributed by atoms with Crippen LogP contribution in [0.3, 0.4) is 0 Å². The van der Waals surface area contributed by atoms with E-state index in [1.54, 1.807) is 7.11 Å². The molecular formula is C21H28O5. The summed E-state index contributed by atoms with van der Waals surface area (Å²) < 4.78 is 16.6. The topological polar surface area (TPSA) is 61.8 Å². The van der Waals surface area contributed by atoms with Crippen molar-refractivity contribution < 1.29 is 23.8 Å². The van der Waals surface area contributed by atoms with Crippen molar-refractivity contribution in [1.29, 1.82) is 0 Å². The molecule has 1 aliphatic heterocycles. The molecule has 0 amide bonds. The fourth-order valence-corrected chi connectivity index (χ4v) is 6.80. The maximum Gasteiger partial charge on any atom is 0.334 e. The lowest BCUT2D eigenvalue weighted by atomic mass is 9.45. The summed E-state index contributed by atoms with van der Waals surface area (Å²) in [6.45, 7) is 11.1. The Bertz CT molecular complexity index is 693. The first-order valence-corrected chi connectivity index (χ1v) is 9.44. The van der Waals surface area contributed by atoms with Crippen molar-refractivity contribution in [3.05, 3.63) is 24.3 Å². The van der Waals surface area contributed by atoms with E-state index < -0.39 is 5.41 Å². The molecular weight excluding hydrogens is 332 g/mol. The van der Waals surface area contributed by atoms with E-state index >= 15 is 0 Å². The fourth-order valence-electron chi connectivity index (χ4n) is 6.80. The SMILES string of the molecule is C=C[C@H]1C(C)(C)C(=O)[C@@H]2CC=C3C(=O)O[C@H]4[C@@H]3[C@@H]2[C@]1(C)[C@@H]4COCOC. The Kier molecular flexibility index (Phi) is 3.98. The van der Waals surface area contributed by atoms with Gasteiger partial charge in [-0.3, -0.25) is 4.79 Å². The Hall–Kier alpha value is -1.46. The number of ether oxygens (including phenoxy) is 3. The zero-order valence-electron chi connectivity index (χ0n) is 16.0. The van der Waals surface area contributed by atoms with Gasteiger partial charge in [-0.25, -0.2) is 4.79 Å². The predicted molar refractivity (Wildman–Crippen MR) is 95.0 cm³/mol. The zero-order chi connectivity index (χ0) is 18.9. The van der Waals surface area contributed by atoms with Crippen LogP contribution in [0.2, 0.25) is 0 Å². The summed E-state index contributed by atoms with van der Waals surface area (Å²) in [6.07, 6.45) is 4.30. The van der Waals surface area contributed by atoms with E-state index in [2.05, 4.69) is 13.5 Å². The molecule has 0 bridgehead atoms. The summed E-state index contributed by atoms with van der Waals surface area (Å²) >= 11 is 0.